The Balaban J connectivity index is 2.83. The Labute approximate surface area is 111 Å². The molecule has 1 rings (SSSR count). The maximum absolute atomic E-state index is 13.6. The molecule has 1 N–H and O–H groups in total. The SMILES string of the molecule is CCNC(COCC(F)(F)F)c1ccc(F)c(F)c1F. The highest BCUT2D eigenvalue weighted by atomic mass is 19.4. The minimum Gasteiger partial charge on any atom is -0.370 e. The van der Waals surface area contributed by atoms with Gasteiger partial charge in [0.15, 0.2) is 17.5 Å². The molecular formula is C12H13F6NO. The first-order valence-electron chi connectivity index (χ1n) is 5.77. The molecule has 0 aliphatic heterocycles. The van der Waals surface area contributed by atoms with Gasteiger partial charge in [-0.15, -0.1) is 0 Å². The van der Waals surface area contributed by atoms with Crippen molar-refractivity contribution in [3.05, 3.63) is 35.1 Å². The van der Waals surface area contributed by atoms with Crippen molar-refractivity contribution in [3.63, 3.8) is 0 Å². The van der Waals surface area contributed by atoms with Crippen molar-refractivity contribution in [1.82, 2.24) is 5.32 Å². The van der Waals surface area contributed by atoms with Crippen LogP contribution in [-0.4, -0.2) is 25.9 Å². The van der Waals surface area contributed by atoms with E-state index in [4.69, 9.17) is 0 Å². The molecule has 0 fully saturated rings. The molecule has 0 aliphatic rings. The molecule has 1 unspecified atom stereocenters. The van der Waals surface area contributed by atoms with Gasteiger partial charge in [-0.3, -0.25) is 0 Å². The van der Waals surface area contributed by atoms with Crippen LogP contribution in [0.3, 0.4) is 0 Å². The first-order valence-corrected chi connectivity index (χ1v) is 5.77. The number of benzene rings is 1. The maximum atomic E-state index is 13.6. The number of hydrogen-bond acceptors (Lipinski definition) is 2. The molecule has 0 amide bonds. The molecule has 0 bridgehead atoms. The van der Waals surface area contributed by atoms with Crippen molar-refractivity contribution in [1.29, 1.82) is 0 Å². The Morgan fingerprint density at radius 1 is 1.15 bits per heavy atom. The van der Waals surface area contributed by atoms with Crippen LogP contribution in [0.25, 0.3) is 0 Å². The second-order valence-electron chi connectivity index (χ2n) is 4.01. The van der Waals surface area contributed by atoms with Crippen LogP contribution in [0.1, 0.15) is 18.5 Å². The average Bonchev–Trinajstić information content (AvgIpc) is 2.34. The molecule has 0 heterocycles. The minimum absolute atomic E-state index is 0.284. The predicted octanol–water partition coefficient (Wildman–Crippen LogP) is 3.33. The number of alkyl halides is 3. The van der Waals surface area contributed by atoms with E-state index in [1.807, 2.05) is 0 Å². The van der Waals surface area contributed by atoms with Crippen molar-refractivity contribution in [2.45, 2.75) is 19.1 Å². The molecule has 0 saturated heterocycles. The van der Waals surface area contributed by atoms with E-state index in [-0.39, 0.29) is 5.56 Å². The summed E-state index contributed by atoms with van der Waals surface area (Å²) in [4.78, 5) is 0. The lowest BCUT2D eigenvalue weighted by atomic mass is 10.1. The number of rotatable bonds is 6. The molecule has 1 atom stereocenters. The van der Waals surface area contributed by atoms with E-state index in [0.717, 1.165) is 6.07 Å². The largest absolute Gasteiger partial charge is 0.411 e. The lowest BCUT2D eigenvalue weighted by molar-refractivity contribution is -0.175. The molecule has 0 aliphatic carbocycles. The van der Waals surface area contributed by atoms with Gasteiger partial charge in [0, 0.05) is 5.56 Å². The highest BCUT2D eigenvalue weighted by Gasteiger charge is 2.28. The highest BCUT2D eigenvalue weighted by molar-refractivity contribution is 5.23. The van der Waals surface area contributed by atoms with Crippen LogP contribution in [0.2, 0.25) is 0 Å². The summed E-state index contributed by atoms with van der Waals surface area (Å²) in [5, 5.41) is 2.65. The Kier molecular flexibility index (Phi) is 5.82. The Morgan fingerprint density at radius 3 is 2.35 bits per heavy atom. The fourth-order valence-corrected chi connectivity index (χ4v) is 1.61. The molecule has 114 valence electrons. The van der Waals surface area contributed by atoms with E-state index in [2.05, 4.69) is 10.1 Å². The van der Waals surface area contributed by atoms with Gasteiger partial charge in [0.25, 0.3) is 0 Å². The third-order valence-corrected chi connectivity index (χ3v) is 2.44. The lowest BCUT2D eigenvalue weighted by Crippen LogP contribution is -2.29. The molecule has 0 spiro atoms. The monoisotopic (exact) mass is 301 g/mol. The molecule has 0 radical (unpaired) electrons. The third kappa shape index (κ3) is 4.68. The van der Waals surface area contributed by atoms with Gasteiger partial charge in [-0.2, -0.15) is 13.2 Å². The predicted molar refractivity (Wildman–Crippen MR) is 59.6 cm³/mol. The molecule has 1 aromatic rings. The van der Waals surface area contributed by atoms with Gasteiger partial charge in [0.05, 0.1) is 12.6 Å². The molecule has 0 saturated carbocycles. The third-order valence-electron chi connectivity index (χ3n) is 2.44. The molecule has 8 heteroatoms. The van der Waals surface area contributed by atoms with E-state index in [9.17, 15) is 26.3 Å². The summed E-state index contributed by atoms with van der Waals surface area (Å²) < 4.78 is 79.8. The van der Waals surface area contributed by atoms with Crippen LogP contribution in [-0.2, 0) is 4.74 Å². The Hall–Kier alpha value is -1.28. The summed E-state index contributed by atoms with van der Waals surface area (Å²) in [6.45, 7) is -0.0947. The van der Waals surface area contributed by atoms with Crippen molar-refractivity contribution in [3.8, 4) is 0 Å². The summed E-state index contributed by atoms with van der Waals surface area (Å²) >= 11 is 0. The van der Waals surface area contributed by atoms with Crippen molar-refractivity contribution in [2.24, 2.45) is 0 Å². The zero-order valence-corrected chi connectivity index (χ0v) is 10.5. The van der Waals surface area contributed by atoms with Gasteiger partial charge in [-0.25, -0.2) is 13.2 Å². The first kappa shape index (κ1) is 16.8. The quantitative estimate of drug-likeness (QED) is 0.643. The van der Waals surface area contributed by atoms with Gasteiger partial charge in [0.2, 0.25) is 0 Å². The van der Waals surface area contributed by atoms with Crippen molar-refractivity contribution < 1.29 is 31.1 Å². The zero-order chi connectivity index (χ0) is 15.3. The lowest BCUT2D eigenvalue weighted by Gasteiger charge is -2.20. The fraction of sp³-hybridized carbons (Fsp3) is 0.500. The Bertz CT molecular complexity index is 448. The highest BCUT2D eigenvalue weighted by Crippen LogP contribution is 2.23. The van der Waals surface area contributed by atoms with E-state index in [1.165, 1.54) is 0 Å². The van der Waals surface area contributed by atoms with Crippen molar-refractivity contribution in [2.75, 3.05) is 19.8 Å². The van der Waals surface area contributed by atoms with Gasteiger partial charge in [0.1, 0.15) is 6.61 Å². The summed E-state index contributed by atoms with van der Waals surface area (Å²) in [6.07, 6.45) is -4.51. The number of nitrogens with one attached hydrogen (secondary N) is 1. The number of likely N-dealkylation sites (N-methyl/N-ethyl adjacent to an activating group) is 1. The molecule has 1 aromatic carbocycles. The van der Waals surface area contributed by atoms with E-state index < -0.39 is 42.9 Å². The van der Waals surface area contributed by atoms with Gasteiger partial charge in [-0.05, 0) is 12.6 Å². The first-order chi connectivity index (χ1) is 9.26. The number of ether oxygens (including phenoxy) is 1. The second kappa shape index (κ2) is 6.94. The summed E-state index contributed by atoms with van der Waals surface area (Å²) in [6, 6.07) is 0.678. The normalized spacial score (nSPS) is 13.6. The molecule has 0 aromatic heterocycles. The maximum Gasteiger partial charge on any atom is 0.411 e. The van der Waals surface area contributed by atoms with Gasteiger partial charge < -0.3 is 10.1 Å². The molecular weight excluding hydrogens is 288 g/mol. The minimum atomic E-state index is -4.51. The van der Waals surface area contributed by atoms with Crippen LogP contribution >= 0.6 is 0 Å². The standard InChI is InChI=1S/C12H13F6NO/c1-2-19-9(5-20-6-12(16,17)18)7-3-4-8(13)11(15)10(7)14/h3-4,9,19H,2,5-6H2,1H3. The van der Waals surface area contributed by atoms with Crippen LogP contribution in [0, 0.1) is 17.5 Å². The molecule has 20 heavy (non-hydrogen) atoms. The zero-order valence-electron chi connectivity index (χ0n) is 10.5. The topological polar surface area (TPSA) is 21.3 Å². The summed E-state index contributed by atoms with van der Waals surface area (Å²) in [5.41, 5.74) is -0.284. The smallest absolute Gasteiger partial charge is 0.370 e. The van der Waals surface area contributed by atoms with Gasteiger partial charge >= 0.3 is 6.18 Å². The van der Waals surface area contributed by atoms with Crippen molar-refractivity contribution >= 4 is 0 Å². The van der Waals surface area contributed by atoms with Crippen LogP contribution in [0.4, 0.5) is 26.3 Å². The summed E-state index contributed by atoms with van der Waals surface area (Å²) in [7, 11) is 0. The average molecular weight is 301 g/mol. The summed E-state index contributed by atoms with van der Waals surface area (Å²) in [5.74, 6) is -4.47. The number of halogens is 6. The van der Waals surface area contributed by atoms with Gasteiger partial charge in [-0.1, -0.05) is 13.0 Å². The molecule has 2 nitrogen and oxygen atoms in total. The number of hydrogen-bond donors (Lipinski definition) is 1. The van der Waals surface area contributed by atoms with E-state index in [1.54, 1.807) is 6.92 Å². The van der Waals surface area contributed by atoms with Crippen LogP contribution in [0.5, 0.6) is 0 Å². The van der Waals surface area contributed by atoms with E-state index >= 15 is 0 Å². The Morgan fingerprint density at radius 2 is 1.80 bits per heavy atom. The van der Waals surface area contributed by atoms with Crippen LogP contribution < -0.4 is 5.32 Å². The fourth-order valence-electron chi connectivity index (χ4n) is 1.61. The van der Waals surface area contributed by atoms with Crippen LogP contribution in [0.15, 0.2) is 12.1 Å². The second-order valence-corrected chi connectivity index (χ2v) is 4.01. The van der Waals surface area contributed by atoms with E-state index in [0.29, 0.717) is 12.6 Å².